The Hall–Kier alpha value is -4.53. The molecule has 2 aromatic heterocycles. The van der Waals surface area contributed by atoms with Gasteiger partial charge in [-0.2, -0.15) is 0 Å². The minimum atomic E-state index is -0.691. The smallest absolute Gasteiger partial charge is 0.338 e. The molecule has 1 aliphatic heterocycles. The van der Waals surface area contributed by atoms with Gasteiger partial charge < -0.3 is 9.47 Å². The van der Waals surface area contributed by atoms with Crippen molar-refractivity contribution in [1.29, 1.82) is 0 Å². The number of thiazole rings is 1. The standard InChI is InChI=1S/C33H26N2O4S2/c1-22-29(32(37)39-21-24-11-6-3-7-12-24)30(25-14-16-26(17-15-25)38-20-23-9-4-2-5-10-23)35-31(36)28(41-33(35)34-22)19-27-13-8-18-40-27/h2-19,30H,20-21H2,1H3/b28-19-. The summed E-state index contributed by atoms with van der Waals surface area (Å²) in [5, 5.41) is 1.97. The van der Waals surface area contributed by atoms with Gasteiger partial charge >= 0.3 is 5.97 Å². The van der Waals surface area contributed by atoms with Crippen LogP contribution in [-0.2, 0) is 22.7 Å². The molecular formula is C33H26N2O4S2. The predicted octanol–water partition coefficient (Wildman–Crippen LogP) is 5.62. The Morgan fingerprint density at radius 3 is 2.24 bits per heavy atom. The third kappa shape index (κ3) is 5.84. The van der Waals surface area contributed by atoms with Gasteiger partial charge in [0.1, 0.15) is 19.0 Å². The molecule has 0 saturated carbocycles. The molecule has 0 amide bonds. The Kier molecular flexibility index (Phi) is 7.75. The van der Waals surface area contributed by atoms with Crippen molar-refractivity contribution in [3.8, 4) is 5.75 Å². The Labute approximate surface area is 244 Å². The van der Waals surface area contributed by atoms with Crippen LogP contribution in [0.5, 0.6) is 5.75 Å². The molecule has 3 heterocycles. The van der Waals surface area contributed by atoms with Gasteiger partial charge in [-0.1, -0.05) is 90.2 Å². The van der Waals surface area contributed by atoms with Crippen LogP contribution in [0.3, 0.4) is 0 Å². The molecule has 8 heteroatoms. The van der Waals surface area contributed by atoms with Gasteiger partial charge in [0, 0.05) is 4.88 Å². The Morgan fingerprint density at radius 1 is 0.902 bits per heavy atom. The molecule has 0 bridgehead atoms. The lowest BCUT2D eigenvalue weighted by Crippen LogP contribution is -2.39. The van der Waals surface area contributed by atoms with Crippen molar-refractivity contribution in [2.75, 3.05) is 0 Å². The average molecular weight is 579 g/mol. The van der Waals surface area contributed by atoms with Gasteiger partial charge in [0.05, 0.1) is 21.8 Å². The number of hydrogen-bond acceptors (Lipinski definition) is 7. The van der Waals surface area contributed by atoms with Crippen molar-refractivity contribution in [1.82, 2.24) is 4.57 Å². The Balaban J connectivity index is 1.37. The fourth-order valence-electron chi connectivity index (χ4n) is 4.69. The first-order valence-corrected chi connectivity index (χ1v) is 14.8. The van der Waals surface area contributed by atoms with Crippen LogP contribution in [0.4, 0.5) is 0 Å². The van der Waals surface area contributed by atoms with E-state index in [-0.39, 0.29) is 12.2 Å². The van der Waals surface area contributed by atoms with E-state index in [9.17, 15) is 9.59 Å². The van der Waals surface area contributed by atoms with Crippen molar-refractivity contribution >= 4 is 34.7 Å². The van der Waals surface area contributed by atoms with E-state index < -0.39 is 12.0 Å². The molecule has 0 fully saturated rings. The number of thiophene rings is 1. The van der Waals surface area contributed by atoms with Crippen LogP contribution < -0.4 is 19.6 Å². The molecule has 0 N–H and O–H groups in total. The molecule has 1 atom stereocenters. The molecule has 1 unspecified atom stereocenters. The Bertz CT molecular complexity index is 1870. The highest BCUT2D eigenvalue weighted by atomic mass is 32.1. The summed E-state index contributed by atoms with van der Waals surface area (Å²) in [7, 11) is 0. The fraction of sp³-hybridized carbons (Fsp3) is 0.121. The summed E-state index contributed by atoms with van der Waals surface area (Å²) in [4.78, 5) is 33.6. The second-order valence-corrected chi connectivity index (χ2v) is 11.5. The number of carbonyl (C=O) groups excluding carboxylic acids is 1. The maximum Gasteiger partial charge on any atom is 0.338 e. The van der Waals surface area contributed by atoms with Crippen molar-refractivity contribution < 1.29 is 14.3 Å². The summed E-state index contributed by atoms with van der Waals surface area (Å²) >= 11 is 2.88. The zero-order valence-electron chi connectivity index (χ0n) is 22.2. The summed E-state index contributed by atoms with van der Waals surface area (Å²) in [5.74, 6) is 0.189. The monoisotopic (exact) mass is 578 g/mol. The van der Waals surface area contributed by atoms with E-state index in [0.717, 1.165) is 21.6 Å². The summed E-state index contributed by atoms with van der Waals surface area (Å²) in [6.07, 6.45) is 1.87. The maximum absolute atomic E-state index is 13.8. The molecule has 0 saturated heterocycles. The molecular weight excluding hydrogens is 553 g/mol. The van der Waals surface area contributed by atoms with Crippen molar-refractivity contribution in [3.63, 3.8) is 0 Å². The van der Waals surface area contributed by atoms with Gasteiger partial charge in [-0.15, -0.1) is 11.3 Å². The molecule has 0 aliphatic carbocycles. The largest absolute Gasteiger partial charge is 0.489 e. The Morgan fingerprint density at radius 2 is 1.59 bits per heavy atom. The van der Waals surface area contributed by atoms with Gasteiger partial charge in [0.25, 0.3) is 5.56 Å². The minimum absolute atomic E-state index is 0.123. The fourth-order valence-corrected chi connectivity index (χ4v) is 6.46. The third-order valence-electron chi connectivity index (χ3n) is 6.72. The van der Waals surface area contributed by atoms with E-state index in [2.05, 4.69) is 4.99 Å². The van der Waals surface area contributed by atoms with Crippen LogP contribution in [0.25, 0.3) is 6.08 Å². The van der Waals surface area contributed by atoms with Crippen LogP contribution in [-0.4, -0.2) is 10.5 Å². The zero-order chi connectivity index (χ0) is 28.2. The lowest BCUT2D eigenvalue weighted by molar-refractivity contribution is -0.140. The number of aromatic nitrogens is 1. The van der Waals surface area contributed by atoms with E-state index in [0.29, 0.717) is 33.0 Å². The molecule has 6 rings (SSSR count). The maximum atomic E-state index is 13.8. The van der Waals surface area contributed by atoms with Crippen LogP contribution in [0.2, 0.25) is 0 Å². The zero-order valence-corrected chi connectivity index (χ0v) is 23.9. The van der Waals surface area contributed by atoms with Gasteiger partial charge in [-0.3, -0.25) is 9.36 Å². The van der Waals surface area contributed by atoms with Crippen molar-refractivity contribution in [2.45, 2.75) is 26.2 Å². The molecule has 41 heavy (non-hydrogen) atoms. The van der Waals surface area contributed by atoms with Gasteiger partial charge in [-0.05, 0) is 53.3 Å². The number of allylic oxidation sites excluding steroid dienone is 1. The topological polar surface area (TPSA) is 69.9 Å². The number of carbonyl (C=O) groups is 1. The third-order valence-corrected chi connectivity index (χ3v) is 8.52. The summed E-state index contributed by atoms with van der Waals surface area (Å²) in [5.41, 5.74) is 3.38. The number of nitrogens with zero attached hydrogens (tertiary/aromatic N) is 2. The highest BCUT2D eigenvalue weighted by Crippen LogP contribution is 2.32. The van der Waals surface area contributed by atoms with E-state index >= 15 is 0 Å². The van der Waals surface area contributed by atoms with Gasteiger partial charge in [-0.25, -0.2) is 9.79 Å². The van der Waals surface area contributed by atoms with E-state index in [4.69, 9.17) is 9.47 Å². The van der Waals surface area contributed by atoms with Crippen molar-refractivity contribution in [2.24, 2.45) is 4.99 Å². The molecule has 3 aromatic carbocycles. The summed E-state index contributed by atoms with van der Waals surface area (Å²) < 4.78 is 13.9. The quantitative estimate of drug-likeness (QED) is 0.224. The van der Waals surface area contributed by atoms with Crippen LogP contribution in [0, 0.1) is 0 Å². The molecule has 204 valence electrons. The second kappa shape index (κ2) is 11.9. The van der Waals surface area contributed by atoms with Gasteiger partial charge in [0.2, 0.25) is 0 Å². The lowest BCUT2D eigenvalue weighted by atomic mass is 9.96. The van der Waals surface area contributed by atoms with Crippen LogP contribution >= 0.6 is 22.7 Å². The number of rotatable bonds is 8. The van der Waals surface area contributed by atoms with E-state index in [1.54, 1.807) is 22.8 Å². The molecule has 0 spiro atoms. The first kappa shape index (κ1) is 26.7. The first-order chi connectivity index (χ1) is 20.1. The summed E-state index contributed by atoms with van der Waals surface area (Å²) in [6, 6.07) is 30.2. The number of ether oxygens (including phenoxy) is 2. The van der Waals surface area contributed by atoms with E-state index in [1.807, 2.05) is 109 Å². The number of hydrogen-bond donors (Lipinski definition) is 0. The number of benzene rings is 3. The first-order valence-electron chi connectivity index (χ1n) is 13.1. The molecule has 6 nitrogen and oxygen atoms in total. The molecule has 0 radical (unpaired) electrons. The van der Waals surface area contributed by atoms with Crippen LogP contribution in [0.1, 0.15) is 34.5 Å². The van der Waals surface area contributed by atoms with Crippen LogP contribution in [0.15, 0.2) is 123 Å². The van der Waals surface area contributed by atoms with Crippen molar-refractivity contribution in [3.05, 3.63) is 155 Å². The highest BCUT2D eigenvalue weighted by molar-refractivity contribution is 7.11. The summed E-state index contributed by atoms with van der Waals surface area (Å²) in [6.45, 7) is 2.35. The van der Waals surface area contributed by atoms with E-state index in [1.165, 1.54) is 11.3 Å². The second-order valence-electron chi connectivity index (χ2n) is 9.50. The van der Waals surface area contributed by atoms with Gasteiger partial charge in [0.15, 0.2) is 4.80 Å². The average Bonchev–Trinajstić information content (AvgIpc) is 3.63. The SMILES string of the molecule is CC1=C(C(=O)OCc2ccccc2)C(c2ccc(OCc3ccccc3)cc2)n2c(s/c(=C\c3cccs3)c2=O)=N1. The lowest BCUT2D eigenvalue weighted by Gasteiger charge is -2.25. The predicted molar refractivity (Wildman–Crippen MR) is 162 cm³/mol. The normalized spacial score (nSPS) is 14.9. The molecule has 5 aromatic rings. The molecule has 1 aliphatic rings. The minimum Gasteiger partial charge on any atom is -0.489 e. The highest BCUT2D eigenvalue weighted by Gasteiger charge is 2.33. The number of fused-ring (bicyclic) bond motifs is 1. The number of esters is 1.